The molecule has 1 amide bonds. The number of anilines is 1. The Bertz CT molecular complexity index is 1280. The van der Waals surface area contributed by atoms with E-state index in [1.54, 1.807) is 41.8 Å². The molecule has 0 aliphatic rings. The molecule has 3 aromatic carbocycles. The number of benzene rings is 3. The number of sulfonamides is 1. The van der Waals surface area contributed by atoms with Crippen LogP contribution in [0, 0.1) is 6.92 Å². The Kier molecular flexibility index (Phi) is 6.39. The molecule has 7 heteroatoms. The van der Waals surface area contributed by atoms with E-state index in [4.69, 9.17) is 0 Å². The van der Waals surface area contributed by atoms with Crippen LogP contribution in [0.3, 0.4) is 0 Å². The Morgan fingerprint density at radius 3 is 2.09 bits per heavy atom. The van der Waals surface area contributed by atoms with Crippen molar-refractivity contribution in [2.24, 2.45) is 0 Å². The first-order valence-electron chi connectivity index (χ1n) is 10.0. The SMILES string of the molecule is Cc1ccc([C@@H](NC(=O)c2ccc(NS(=O)(=O)c3cccs3)cc2)c2ccccc2)cc1. The van der Waals surface area contributed by atoms with Gasteiger partial charge in [0.15, 0.2) is 0 Å². The van der Waals surface area contributed by atoms with E-state index in [0.29, 0.717) is 11.3 Å². The Hall–Kier alpha value is -3.42. The lowest BCUT2D eigenvalue weighted by Gasteiger charge is -2.20. The number of carbonyl (C=O) groups excluding carboxylic acids is 1. The van der Waals surface area contributed by atoms with Crippen molar-refractivity contribution < 1.29 is 13.2 Å². The fourth-order valence-corrected chi connectivity index (χ4v) is 5.34. The average Bonchev–Trinajstić information content (AvgIpc) is 3.35. The standard InChI is InChI=1S/C25H22N2O3S2/c1-18-9-11-20(12-10-18)24(19-6-3-2-4-7-19)26-25(28)21-13-15-22(16-14-21)27-32(29,30)23-8-5-17-31-23/h2-17,24,27H,1H3,(H,26,28)/t24-/m0/s1. The van der Waals surface area contributed by atoms with Gasteiger partial charge in [0, 0.05) is 11.3 Å². The highest BCUT2D eigenvalue weighted by atomic mass is 32.2. The van der Waals surface area contributed by atoms with E-state index >= 15 is 0 Å². The van der Waals surface area contributed by atoms with E-state index in [-0.39, 0.29) is 16.2 Å². The van der Waals surface area contributed by atoms with Crippen LogP contribution < -0.4 is 10.0 Å². The van der Waals surface area contributed by atoms with Crippen molar-refractivity contribution in [3.05, 3.63) is 119 Å². The lowest BCUT2D eigenvalue weighted by atomic mass is 9.97. The Morgan fingerprint density at radius 2 is 1.47 bits per heavy atom. The molecule has 1 aromatic heterocycles. The molecular formula is C25H22N2O3S2. The van der Waals surface area contributed by atoms with Gasteiger partial charge in [-0.05, 0) is 53.8 Å². The number of hydrogen-bond donors (Lipinski definition) is 2. The minimum atomic E-state index is -3.63. The number of rotatable bonds is 7. The van der Waals surface area contributed by atoms with E-state index in [1.807, 2.05) is 61.5 Å². The van der Waals surface area contributed by atoms with E-state index in [9.17, 15) is 13.2 Å². The summed E-state index contributed by atoms with van der Waals surface area (Å²) in [6.07, 6.45) is 0. The summed E-state index contributed by atoms with van der Waals surface area (Å²) >= 11 is 1.15. The molecule has 2 N–H and O–H groups in total. The van der Waals surface area contributed by atoms with Crippen molar-refractivity contribution in [3.63, 3.8) is 0 Å². The van der Waals surface area contributed by atoms with Crippen molar-refractivity contribution in [2.45, 2.75) is 17.2 Å². The molecule has 0 aliphatic carbocycles. The van der Waals surface area contributed by atoms with Gasteiger partial charge in [-0.15, -0.1) is 11.3 Å². The van der Waals surface area contributed by atoms with E-state index < -0.39 is 10.0 Å². The number of carbonyl (C=O) groups is 1. The van der Waals surface area contributed by atoms with Crippen molar-refractivity contribution in [1.82, 2.24) is 5.32 Å². The molecule has 5 nitrogen and oxygen atoms in total. The second-order valence-corrected chi connectivity index (χ2v) is 10.2. The fourth-order valence-electron chi connectivity index (χ4n) is 3.29. The summed E-state index contributed by atoms with van der Waals surface area (Å²) in [4.78, 5) is 13.0. The van der Waals surface area contributed by atoms with Crippen molar-refractivity contribution in [2.75, 3.05) is 4.72 Å². The largest absolute Gasteiger partial charge is 0.341 e. The summed E-state index contributed by atoms with van der Waals surface area (Å²) in [7, 11) is -3.63. The molecule has 1 heterocycles. The number of nitrogens with one attached hydrogen (secondary N) is 2. The number of amides is 1. The van der Waals surface area contributed by atoms with Crippen LogP contribution in [0.15, 0.2) is 101 Å². The number of thiophene rings is 1. The lowest BCUT2D eigenvalue weighted by Crippen LogP contribution is -2.29. The predicted octanol–water partition coefficient (Wildman–Crippen LogP) is 5.38. The highest BCUT2D eigenvalue weighted by Crippen LogP contribution is 2.24. The van der Waals surface area contributed by atoms with Gasteiger partial charge in [-0.2, -0.15) is 0 Å². The molecule has 0 unspecified atom stereocenters. The van der Waals surface area contributed by atoms with Crippen molar-refractivity contribution in [1.29, 1.82) is 0 Å². The topological polar surface area (TPSA) is 75.3 Å². The minimum absolute atomic E-state index is 0.239. The third kappa shape index (κ3) is 5.07. The molecule has 0 fully saturated rings. The summed E-state index contributed by atoms with van der Waals surface area (Å²) < 4.78 is 27.5. The monoisotopic (exact) mass is 462 g/mol. The molecule has 4 aromatic rings. The summed E-state index contributed by atoms with van der Waals surface area (Å²) in [5, 5.41) is 4.81. The Morgan fingerprint density at radius 1 is 0.812 bits per heavy atom. The smallest absolute Gasteiger partial charge is 0.271 e. The molecular weight excluding hydrogens is 440 g/mol. The molecule has 162 valence electrons. The number of hydrogen-bond acceptors (Lipinski definition) is 4. The summed E-state index contributed by atoms with van der Waals surface area (Å²) in [5.74, 6) is -0.243. The minimum Gasteiger partial charge on any atom is -0.341 e. The first kappa shape index (κ1) is 21.8. The maximum atomic E-state index is 13.0. The van der Waals surface area contributed by atoms with E-state index in [0.717, 1.165) is 28.0 Å². The van der Waals surface area contributed by atoms with Crippen LogP contribution in [0.25, 0.3) is 0 Å². The first-order valence-corrected chi connectivity index (χ1v) is 12.4. The molecule has 0 saturated carbocycles. The lowest BCUT2D eigenvalue weighted by molar-refractivity contribution is 0.0943. The third-order valence-electron chi connectivity index (χ3n) is 4.98. The zero-order chi connectivity index (χ0) is 22.6. The molecule has 0 spiro atoms. The third-order valence-corrected chi connectivity index (χ3v) is 7.76. The molecule has 32 heavy (non-hydrogen) atoms. The van der Waals surface area contributed by atoms with Crippen LogP contribution in [0.1, 0.15) is 33.1 Å². The molecule has 4 rings (SSSR count). The highest BCUT2D eigenvalue weighted by Gasteiger charge is 2.19. The van der Waals surface area contributed by atoms with Crippen molar-refractivity contribution in [3.8, 4) is 0 Å². The quantitative estimate of drug-likeness (QED) is 0.387. The van der Waals surface area contributed by atoms with Gasteiger partial charge in [-0.1, -0.05) is 66.2 Å². The Balaban J connectivity index is 1.53. The van der Waals surface area contributed by atoms with Crippen LogP contribution >= 0.6 is 11.3 Å². The maximum Gasteiger partial charge on any atom is 0.271 e. The zero-order valence-electron chi connectivity index (χ0n) is 17.4. The van der Waals surface area contributed by atoms with Crippen LogP contribution in [0.4, 0.5) is 5.69 Å². The van der Waals surface area contributed by atoms with Gasteiger partial charge in [0.05, 0.1) is 6.04 Å². The first-order chi connectivity index (χ1) is 15.4. The van der Waals surface area contributed by atoms with Crippen LogP contribution in [-0.2, 0) is 10.0 Å². The van der Waals surface area contributed by atoms with Crippen LogP contribution in [0.5, 0.6) is 0 Å². The van der Waals surface area contributed by atoms with E-state index in [1.165, 1.54) is 0 Å². The van der Waals surface area contributed by atoms with Gasteiger partial charge in [0.2, 0.25) is 0 Å². The molecule has 1 atom stereocenters. The molecule has 0 radical (unpaired) electrons. The molecule has 0 aliphatic heterocycles. The molecule has 0 bridgehead atoms. The van der Waals surface area contributed by atoms with Gasteiger partial charge >= 0.3 is 0 Å². The molecule has 0 saturated heterocycles. The van der Waals surface area contributed by atoms with E-state index in [2.05, 4.69) is 10.0 Å². The highest BCUT2D eigenvalue weighted by molar-refractivity contribution is 7.94. The van der Waals surface area contributed by atoms with Gasteiger partial charge in [-0.25, -0.2) is 8.42 Å². The summed E-state index contributed by atoms with van der Waals surface area (Å²) in [6, 6.07) is 27.2. The second-order valence-electron chi connectivity index (χ2n) is 7.34. The second kappa shape index (κ2) is 9.38. The van der Waals surface area contributed by atoms with Gasteiger partial charge in [0.1, 0.15) is 4.21 Å². The maximum absolute atomic E-state index is 13.0. The van der Waals surface area contributed by atoms with Gasteiger partial charge in [0.25, 0.3) is 15.9 Å². The predicted molar refractivity (Wildman–Crippen MR) is 128 cm³/mol. The number of aryl methyl sites for hydroxylation is 1. The Labute approximate surface area is 191 Å². The summed E-state index contributed by atoms with van der Waals surface area (Å²) in [5.41, 5.74) is 3.94. The average molecular weight is 463 g/mol. The van der Waals surface area contributed by atoms with Crippen LogP contribution in [0.2, 0.25) is 0 Å². The van der Waals surface area contributed by atoms with Crippen LogP contribution in [-0.4, -0.2) is 14.3 Å². The van der Waals surface area contributed by atoms with Gasteiger partial charge < -0.3 is 5.32 Å². The van der Waals surface area contributed by atoms with Gasteiger partial charge in [-0.3, -0.25) is 9.52 Å². The normalized spacial score (nSPS) is 12.2. The summed E-state index contributed by atoms with van der Waals surface area (Å²) in [6.45, 7) is 2.02. The zero-order valence-corrected chi connectivity index (χ0v) is 19.0. The fraction of sp³-hybridized carbons (Fsp3) is 0.0800. The van der Waals surface area contributed by atoms with Crippen molar-refractivity contribution >= 4 is 33.0 Å².